The van der Waals surface area contributed by atoms with E-state index in [0.29, 0.717) is 32.7 Å². The summed E-state index contributed by atoms with van der Waals surface area (Å²) in [5.41, 5.74) is 0.232. The van der Waals surface area contributed by atoms with E-state index < -0.39 is 0 Å². The third-order valence-electron chi connectivity index (χ3n) is 4.45. The van der Waals surface area contributed by atoms with Crippen LogP contribution in [-0.2, 0) is 4.79 Å². The summed E-state index contributed by atoms with van der Waals surface area (Å²) in [6.45, 7) is 4.08. The van der Waals surface area contributed by atoms with E-state index in [1.54, 1.807) is 0 Å². The first-order chi connectivity index (χ1) is 13.2. The summed E-state index contributed by atoms with van der Waals surface area (Å²) in [6.07, 6.45) is 1.90. The zero-order valence-electron chi connectivity index (χ0n) is 15.3. The highest BCUT2D eigenvalue weighted by molar-refractivity contribution is 5.92. The maximum Gasteiger partial charge on any atom is 0.273 e. The molecule has 0 unspecified atom stereocenters. The molecule has 2 atom stereocenters. The van der Waals surface area contributed by atoms with E-state index in [2.05, 4.69) is 15.8 Å². The summed E-state index contributed by atoms with van der Waals surface area (Å²) in [6, 6.07) is 10.6. The Morgan fingerprint density at radius 2 is 2.11 bits per heavy atom. The SMILES string of the molecule is CCNC(=O)[C@@H]1C[C@H](NC(=O)c2ccon2)CN1CCOc1ccccc1. The molecular weight excluding hydrogens is 348 g/mol. The number of likely N-dealkylation sites (tertiary alicyclic amines) is 1. The second kappa shape index (κ2) is 9.18. The molecule has 144 valence electrons. The predicted octanol–water partition coefficient (Wildman–Crippen LogP) is 1.06. The molecule has 1 saturated heterocycles. The number of carbonyl (C=O) groups is 2. The Kier molecular flexibility index (Phi) is 6.43. The van der Waals surface area contributed by atoms with Crippen LogP contribution in [0.2, 0.25) is 0 Å². The molecule has 27 heavy (non-hydrogen) atoms. The molecule has 0 bridgehead atoms. The van der Waals surface area contributed by atoms with Crippen molar-refractivity contribution >= 4 is 11.8 Å². The summed E-state index contributed by atoms with van der Waals surface area (Å²) in [5.74, 6) is 0.461. The molecule has 1 aliphatic heterocycles. The highest BCUT2D eigenvalue weighted by Crippen LogP contribution is 2.19. The van der Waals surface area contributed by atoms with Gasteiger partial charge in [0.15, 0.2) is 5.69 Å². The molecule has 1 aromatic carbocycles. The van der Waals surface area contributed by atoms with Crippen molar-refractivity contribution in [2.24, 2.45) is 0 Å². The minimum absolute atomic E-state index is 0.0320. The van der Waals surface area contributed by atoms with Crippen LogP contribution in [0, 0.1) is 0 Å². The molecule has 0 aliphatic carbocycles. The zero-order chi connectivity index (χ0) is 19.1. The van der Waals surface area contributed by atoms with Gasteiger partial charge in [-0.3, -0.25) is 14.5 Å². The third kappa shape index (κ3) is 5.07. The van der Waals surface area contributed by atoms with Gasteiger partial charge in [-0.15, -0.1) is 0 Å². The number of rotatable bonds is 8. The maximum absolute atomic E-state index is 12.4. The first-order valence-corrected chi connectivity index (χ1v) is 9.08. The van der Waals surface area contributed by atoms with Crippen LogP contribution in [0.25, 0.3) is 0 Å². The van der Waals surface area contributed by atoms with Crippen molar-refractivity contribution in [3.05, 3.63) is 48.4 Å². The number of nitrogens with zero attached hydrogens (tertiary/aromatic N) is 2. The van der Waals surface area contributed by atoms with Crippen LogP contribution in [-0.4, -0.2) is 60.2 Å². The van der Waals surface area contributed by atoms with Crippen molar-refractivity contribution in [2.45, 2.75) is 25.4 Å². The Bertz CT molecular complexity index is 735. The smallest absolute Gasteiger partial charge is 0.273 e. The van der Waals surface area contributed by atoms with Gasteiger partial charge in [-0.05, 0) is 25.5 Å². The number of para-hydroxylation sites is 1. The number of carbonyl (C=O) groups excluding carboxylic acids is 2. The second-order valence-corrected chi connectivity index (χ2v) is 6.36. The first kappa shape index (κ1) is 18.9. The third-order valence-corrected chi connectivity index (χ3v) is 4.45. The van der Waals surface area contributed by atoms with Gasteiger partial charge in [0, 0.05) is 31.7 Å². The van der Waals surface area contributed by atoms with Gasteiger partial charge in [0.1, 0.15) is 18.6 Å². The van der Waals surface area contributed by atoms with Gasteiger partial charge < -0.3 is 19.9 Å². The normalized spacial score (nSPS) is 19.6. The van der Waals surface area contributed by atoms with Gasteiger partial charge in [0.05, 0.1) is 6.04 Å². The number of amides is 2. The van der Waals surface area contributed by atoms with Crippen molar-refractivity contribution in [3.8, 4) is 5.75 Å². The molecule has 0 spiro atoms. The molecule has 8 nitrogen and oxygen atoms in total. The number of hydrogen-bond donors (Lipinski definition) is 2. The minimum atomic E-state index is -0.300. The van der Waals surface area contributed by atoms with Crippen LogP contribution < -0.4 is 15.4 Å². The highest BCUT2D eigenvalue weighted by Gasteiger charge is 2.37. The van der Waals surface area contributed by atoms with Crippen LogP contribution in [0.3, 0.4) is 0 Å². The fourth-order valence-corrected chi connectivity index (χ4v) is 3.21. The summed E-state index contributed by atoms with van der Waals surface area (Å²) >= 11 is 0. The van der Waals surface area contributed by atoms with Crippen molar-refractivity contribution in [2.75, 3.05) is 26.2 Å². The van der Waals surface area contributed by atoms with Crippen LogP contribution in [0.5, 0.6) is 5.75 Å². The standard InChI is InChI=1S/C19H24N4O4/c1-2-20-19(25)17-12-14(21-18(24)16-8-10-27-22-16)13-23(17)9-11-26-15-6-4-3-5-7-15/h3-8,10,14,17H,2,9,11-13H2,1H3,(H,20,25)(H,21,24)/t14-,17-/m0/s1. The van der Waals surface area contributed by atoms with E-state index in [1.165, 1.54) is 12.3 Å². The van der Waals surface area contributed by atoms with E-state index in [0.717, 1.165) is 5.75 Å². The van der Waals surface area contributed by atoms with E-state index in [4.69, 9.17) is 9.26 Å². The number of ether oxygens (including phenoxy) is 1. The molecule has 3 rings (SSSR count). The number of hydrogen-bond acceptors (Lipinski definition) is 6. The maximum atomic E-state index is 12.4. The van der Waals surface area contributed by atoms with Gasteiger partial charge in [-0.1, -0.05) is 23.4 Å². The lowest BCUT2D eigenvalue weighted by Crippen LogP contribution is -2.44. The molecule has 2 heterocycles. The number of likely N-dealkylation sites (N-methyl/N-ethyl adjacent to an activating group) is 1. The Labute approximate surface area is 157 Å². The van der Waals surface area contributed by atoms with E-state index in [-0.39, 0.29) is 29.6 Å². The van der Waals surface area contributed by atoms with Crippen LogP contribution >= 0.6 is 0 Å². The largest absolute Gasteiger partial charge is 0.492 e. The predicted molar refractivity (Wildman–Crippen MR) is 98.4 cm³/mol. The van der Waals surface area contributed by atoms with Crippen molar-refractivity contribution < 1.29 is 18.8 Å². The second-order valence-electron chi connectivity index (χ2n) is 6.36. The van der Waals surface area contributed by atoms with E-state index >= 15 is 0 Å². The number of nitrogens with one attached hydrogen (secondary N) is 2. The highest BCUT2D eigenvalue weighted by atomic mass is 16.5. The molecule has 0 saturated carbocycles. The van der Waals surface area contributed by atoms with E-state index in [1.807, 2.05) is 42.2 Å². The average molecular weight is 372 g/mol. The molecule has 8 heteroatoms. The van der Waals surface area contributed by atoms with Crippen LogP contribution in [0.15, 0.2) is 47.2 Å². The Morgan fingerprint density at radius 3 is 2.81 bits per heavy atom. The summed E-state index contributed by atoms with van der Waals surface area (Å²) in [5, 5.41) is 9.43. The lowest BCUT2D eigenvalue weighted by atomic mass is 10.1. The molecule has 1 aliphatic rings. The lowest BCUT2D eigenvalue weighted by Gasteiger charge is -2.23. The fourth-order valence-electron chi connectivity index (χ4n) is 3.21. The van der Waals surface area contributed by atoms with Crippen molar-refractivity contribution in [1.82, 2.24) is 20.7 Å². The summed E-state index contributed by atoms with van der Waals surface area (Å²) in [4.78, 5) is 26.7. The Morgan fingerprint density at radius 1 is 1.30 bits per heavy atom. The zero-order valence-corrected chi connectivity index (χ0v) is 15.3. The van der Waals surface area contributed by atoms with Crippen LogP contribution in [0.4, 0.5) is 0 Å². The molecule has 2 amide bonds. The van der Waals surface area contributed by atoms with Gasteiger partial charge in [-0.25, -0.2) is 0 Å². The molecular formula is C19H24N4O4. The van der Waals surface area contributed by atoms with E-state index in [9.17, 15) is 9.59 Å². The minimum Gasteiger partial charge on any atom is -0.492 e. The fraction of sp³-hybridized carbons (Fsp3) is 0.421. The molecule has 1 aromatic heterocycles. The molecule has 1 fully saturated rings. The molecule has 2 N–H and O–H groups in total. The van der Waals surface area contributed by atoms with Gasteiger partial charge in [-0.2, -0.15) is 0 Å². The lowest BCUT2D eigenvalue weighted by molar-refractivity contribution is -0.125. The van der Waals surface area contributed by atoms with Crippen molar-refractivity contribution in [3.63, 3.8) is 0 Å². The first-order valence-electron chi connectivity index (χ1n) is 9.08. The summed E-state index contributed by atoms with van der Waals surface area (Å²) in [7, 11) is 0. The quantitative estimate of drug-likeness (QED) is 0.719. The van der Waals surface area contributed by atoms with Crippen LogP contribution in [0.1, 0.15) is 23.8 Å². The molecule has 2 aromatic rings. The van der Waals surface area contributed by atoms with Crippen molar-refractivity contribution in [1.29, 1.82) is 0 Å². The monoisotopic (exact) mass is 372 g/mol. The Balaban J connectivity index is 1.57. The average Bonchev–Trinajstić information content (AvgIpc) is 3.33. The Hall–Kier alpha value is -2.87. The topological polar surface area (TPSA) is 96.7 Å². The number of aromatic nitrogens is 1. The van der Waals surface area contributed by atoms with Gasteiger partial charge in [0.25, 0.3) is 5.91 Å². The molecule has 0 radical (unpaired) electrons. The van der Waals surface area contributed by atoms with Gasteiger partial charge in [0.2, 0.25) is 5.91 Å². The summed E-state index contributed by atoms with van der Waals surface area (Å²) < 4.78 is 10.5. The van der Waals surface area contributed by atoms with Gasteiger partial charge >= 0.3 is 0 Å². The number of benzene rings is 1.